The maximum Gasteiger partial charge on any atom is 0.185 e. The summed E-state index contributed by atoms with van der Waals surface area (Å²) in [4.78, 5) is 8.31. The quantitative estimate of drug-likeness (QED) is 0.849. The van der Waals surface area contributed by atoms with Crippen LogP contribution in [0.3, 0.4) is 0 Å². The topological polar surface area (TPSA) is 36.4 Å². The molecule has 0 amide bonds. The summed E-state index contributed by atoms with van der Waals surface area (Å²) in [5.74, 6) is 1.56. The third-order valence-electron chi connectivity index (χ3n) is 4.51. The molecule has 3 nitrogen and oxygen atoms in total. The highest BCUT2D eigenvalue weighted by Gasteiger charge is 2.28. The number of thiazole rings is 1. The Labute approximate surface area is 113 Å². The zero-order valence-electron chi connectivity index (χ0n) is 11.2. The number of hydrogen-bond donors (Lipinski definition) is 1. The minimum atomic E-state index is -0.263. The van der Waals surface area contributed by atoms with Crippen molar-refractivity contribution in [1.82, 2.24) is 4.98 Å². The van der Waals surface area contributed by atoms with Crippen LogP contribution in [0.25, 0.3) is 0 Å². The normalized spacial score (nSPS) is 32.4. The first-order valence-corrected chi connectivity index (χ1v) is 7.89. The van der Waals surface area contributed by atoms with Gasteiger partial charge in [0.25, 0.3) is 0 Å². The van der Waals surface area contributed by atoms with Gasteiger partial charge < -0.3 is 10.0 Å². The number of aliphatic hydroxyl groups is 1. The van der Waals surface area contributed by atoms with E-state index in [1.54, 1.807) is 11.3 Å². The van der Waals surface area contributed by atoms with E-state index in [2.05, 4.69) is 18.7 Å². The summed E-state index contributed by atoms with van der Waals surface area (Å²) < 4.78 is 0. The summed E-state index contributed by atoms with van der Waals surface area (Å²) in [5, 5.41) is 11.2. The average Bonchev–Trinajstić information content (AvgIpc) is 2.78. The molecule has 0 saturated carbocycles. The fourth-order valence-electron chi connectivity index (χ4n) is 2.96. The smallest absolute Gasteiger partial charge is 0.185 e. The number of aliphatic hydroxyl groups excluding tert-OH is 1. The summed E-state index contributed by atoms with van der Waals surface area (Å²) in [6.45, 7) is 6.91. The lowest BCUT2D eigenvalue weighted by Gasteiger charge is -2.35. The Morgan fingerprint density at radius 1 is 1.28 bits per heavy atom. The molecule has 1 aromatic rings. The molecule has 3 unspecified atom stereocenters. The summed E-state index contributed by atoms with van der Waals surface area (Å²) in [6.07, 6.45) is 4.02. The fraction of sp³-hybridized carbons (Fsp3) is 0.786. The summed E-state index contributed by atoms with van der Waals surface area (Å²) in [5.41, 5.74) is 1.15. The molecule has 4 heteroatoms. The van der Waals surface area contributed by atoms with Crippen molar-refractivity contribution in [3.63, 3.8) is 0 Å². The molecule has 0 spiro atoms. The molecule has 1 aliphatic carbocycles. The lowest BCUT2D eigenvalue weighted by molar-refractivity contribution is 0.160. The van der Waals surface area contributed by atoms with E-state index in [-0.39, 0.29) is 6.10 Å². The number of anilines is 1. The van der Waals surface area contributed by atoms with Crippen molar-refractivity contribution in [2.24, 2.45) is 11.8 Å². The Morgan fingerprint density at radius 3 is 2.83 bits per heavy atom. The molecule has 2 heterocycles. The lowest BCUT2D eigenvalue weighted by Crippen LogP contribution is -2.38. The number of aryl methyl sites for hydroxylation is 1. The van der Waals surface area contributed by atoms with Crippen LogP contribution in [-0.4, -0.2) is 23.2 Å². The van der Waals surface area contributed by atoms with Crippen LogP contribution in [0.2, 0.25) is 0 Å². The molecule has 3 rings (SSSR count). The molecule has 0 bridgehead atoms. The van der Waals surface area contributed by atoms with Crippen molar-refractivity contribution in [2.75, 3.05) is 18.0 Å². The molecule has 18 heavy (non-hydrogen) atoms. The van der Waals surface area contributed by atoms with Crippen LogP contribution >= 0.6 is 11.3 Å². The van der Waals surface area contributed by atoms with E-state index in [9.17, 15) is 5.11 Å². The van der Waals surface area contributed by atoms with Crippen LogP contribution in [0.4, 0.5) is 5.13 Å². The number of hydrogen-bond acceptors (Lipinski definition) is 4. The lowest BCUT2D eigenvalue weighted by atomic mass is 9.89. The predicted octanol–water partition coefficient (Wildman–Crippen LogP) is 3.00. The van der Waals surface area contributed by atoms with Crippen molar-refractivity contribution in [2.45, 2.75) is 45.6 Å². The van der Waals surface area contributed by atoms with Crippen LogP contribution < -0.4 is 4.90 Å². The largest absolute Gasteiger partial charge is 0.388 e. The molecular weight excluding hydrogens is 244 g/mol. The van der Waals surface area contributed by atoms with Crippen LogP contribution in [0, 0.1) is 11.8 Å². The van der Waals surface area contributed by atoms with Gasteiger partial charge in [0.15, 0.2) is 5.13 Å². The minimum absolute atomic E-state index is 0.263. The summed E-state index contributed by atoms with van der Waals surface area (Å²) in [6, 6.07) is 0. The molecule has 1 saturated heterocycles. The minimum Gasteiger partial charge on any atom is -0.388 e. The Balaban J connectivity index is 1.81. The van der Waals surface area contributed by atoms with Crippen LogP contribution in [0.5, 0.6) is 0 Å². The van der Waals surface area contributed by atoms with E-state index < -0.39 is 0 Å². The number of rotatable bonds is 1. The standard InChI is InChI=1S/C14H22N2OS/c1-9-6-7-16(8-10(9)2)14-15-11-4-3-5-12(17)13(11)18-14/h9-10,12,17H,3-8H2,1-2H3. The predicted molar refractivity (Wildman–Crippen MR) is 75.2 cm³/mol. The highest BCUT2D eigenvalue weighted by molar-refractivity contribution is 7.15. The van der Waals surface area contributed by atoms with Gasteiger partial charge in [-0.15, -0.1) is 0 Å². The fourth-order valence-corrected chi connectivity index (χ4v) is 4.12. The van der Waals surface area contributed by atoms with Gasteiger partial charge in [0.05, 0.1) is 16.7 Å². The number of aromatic nitrogens is 1. The van der Waals surface area contributed by atoms with E-state index in [1.165, 1.54) is 6.42 Å². The average molecular weight is 266 g/mol. The van der Waals surface area contributed by atoms with Crippen LogP contribution in [0.1, 0.15) is 49.8 Å². The van der Waals surface area contributed by atoms with Gasteiger partial charge in [-0.2, -0.15) is 0 Å². The zero-order chi connectivity index (χ0) is 12.7. The number of nitrogens with zero attached hydrogens (tertiary/aromatic N) is 2. The molecule has 1 aliphatic heterocycles. The highest BCUT2D eigenvalue weighted by atomic mass is 32.1. The first kappa shape index (κ1) is 12.4. The Hall–Kier alpha value is -0.610. The summed E-state index contributed by atoms with van der Waals surface area (Å²) in [7, 11) is 0. The first-order chi connectivity index (χ1) is 8.65. The second-order valence-electron chi connectivity index (χ2n) is 5.90. The third-order valence-corrected chi connectivity index (χ3v) is 5.77. The second-order valence-corrected chi connectivity index (χ2v) is 6.91. The zero-order valence-corrected chi connectivity index (χ0v) is 12.0. The van der Waals surface area contributed by atoms with Crippen molar-refractivity contribution in [1.29, 1.82) is 0 Å². The van der Waals surface area contributed by atoms with E-state index >= 15 is 0 Å². The van der Waals surface area contributed by atoms with Crippen LogP contribution in [-0.2, 0) is 6.42 Å². The van der Waals surface area contributed by atoms with Gasteiger partial charge in [-0.05, 0) is 37.5 Å². The van der Waals surface area contributed by atoms with Crippen LogP contribution in [0.15, 0.2) is 0 Å². The maximum absolute atomic E-state index is 10.0. The van der Waals surface area contributed by atoms with Crippen molar-refractivity contribution >= 4 is 16.5 Å². The van der Waals surface area contributed by atoms with Gasteiger partial charge in [-0.1, -0.05) is 25.2 Å². The molecule has 100 valence electrons. The molecule has 1 N–H and O–H groups in total. The van der Waals surface area contributed by atoms with Gasteiger partial charge >= 0.3 is 0 Å². The van der Waals surface area contributed by atoms with Gasteiger partial charge in [-0.25, -0.2) is 4.98 Å². The third kappa shape index (κ3) is 2.16. The van der Waals surface area contributed by atoms with E-state index in [1.807, 2.05) is 0 Å². The molecule has 1 aromatic heterocycles. The van der Waals surface area contributed by atoms with Gasteiger partial charge in [-0.3, -0.25) is 0 Å². The highest BCUT2D eigenvalue weighted by Crippen LogP contribution is 2.38. The monoisotopic (exact) mass is 266 g/mol. The van der Waals surface area contributed by atoms with Gasteiger partial charge in [0.1, 0.15) is 0 Å². The maximum atomic E-state index is 10.0. The number of fused-ring (bicyclic) bond motifs is 1. The Bertz CT molecular complexity index is 431. The SMILES string of the molecule is CC1CCN(c2nc3c(s2)C(O)CCC3)CC1C. The molecule has 2 aliphatic rings. The Morgan fingerprint density at radius 2 is 2.11 bits per heavy atom. The molecule has 0 aromatic carbocycles. The molecule has 3 atom stereocenters. The van der Waals surface area contributed by atoms with Gasteiger partial charge in [0.2, 0.25) is 0 Å². The second kappa shape index (κ2) is 4.82. The van der Waals surface area contributed by atoms with Crippen molar-refractivity contribution in [3.8, 4) is 0 Å². The first-order valence-electron chi connectivity index (χ1n) is 7.07. The summed E-state index contributed by atoms with van der Waals surface area (Å²) >= 11 is 1.72. The van der Waals surface area contributed by atoms with Gasteiger partial charge in [0, 0.05) is 13.1 Å². The van der Waals surface area contributed by atoms with E-state index in [0.29, 0.717) is 0 Å². The van der Waals surface area contributed by atoms with E-state index in [4.69, 9.17) is 4.98 Å². The number of piperidine rings is 1. The van der Waals surface area contributed by atoms with Crippen molar-refractivity contribution < 1.29 is 5.11 Å². The molecule has 1 fully saturated rings. The molecule has 0 radical (unpaired) electrons. The Kier molecular flexibility index (Phi) is 3.32. The molecular formula is C14H22N2OS. The van der Waals surface area contributed by atoms with E-state index in [0.717, 1.165) is 59.9 Å². The van der Waals surface area contributed by atoms with Crippen molar-refractivity contribution in [3.05, 3.63) is 10.6 Å².